The average Bonchev–Trinajstić information content (AvgIpc) is 2.63. The number of fused-ring (bicyclic) bond motifs is 1. The van der Waals surface area contributed by atoms with Gasteiger partial charge in [-0.05, 0) is 30.5 Å². The lowest BCUT2D eigenvalue weighted by Gasteiger charge is -2.22. The van der Waals surface area contributed by atoms with Crippen LogP contribution in [0.3, 0.4) is 0 Å². The van der Waals surface area contributed by atoms with Crippen molar-refractivity contribution in [2.45, 2.75) is 13.3 Å². The van der Waals surface area contributed by atoms with Crippen LogP contribution < -0.4 is 4.90 Å². The maximum Gasteiger partial charge on any atom is 0.238 e. The Hall–Kier alpha value is -1.61. The van der Waals surface area contributed by atoms with Crippen molar-refractivity contribution in [2.24, 2.45) is 17.8 Å². The largest absolute Gasteiger partial charge is 0.274 e. The third-order valence-electron chi connectivity index (χ3n) is 3.94. The molecule has 0 N–H and O–H groups in total. The molecule has 19 heavy (non-hydrogen) atoms. The minimum Gasteiger partial charge on any atom is -0.274 e. The van der Waals surface area contributed by atoms with E-state index >= 15 is 0 Å². The van der Waals surface area contributed by atoms with Gasteiger partial charge in [0.25, 0.3) is 0 Å². The lowest BCUT2D eigenvalue weighted by molar-refractivity contribution is -0.122. The number of benzene rings is 1. The van der Waals surface area contributed by atoms with Crippen molar-refractivity contribution in [3.63, 3.8) is 0 Å². The quantitative estimate of drug-likeness (QED) is 0.583. The molecule has 1 aromatic rings. The van der Waals surface area contributed by atoms with E-state index < -0.39 is 0 Å². The number of amides is 2. The number of carbonyl (C=O) groups is 2. The Kier molecular flexibility index (Phi) is 2.94. The van der Waals surface area contributed by atoms with E-state index in [1.807, 2.05) is 19.1 Å². The van der Waals surface area contributed by atoms with E-state index in [9.17, 15) is 9.59 Å². The molecule has 0 radical (unpaired) electrons. The van der Waals surface area contributed by atoms with Crippen molar-refractivity contribution >= 4 is 29.1 Å². The summed E-state index contributed by atoms with van der Waals surface area (Å²) >= 11 is 5.94. The summed E-state index contributed by atoms with van der Waals surface area (Å²) in [6, 6.07) is 6.89. The van der Waals surface area contributed by atoms with Crippen LogP contribution in [0.4, 0.5) is 5.69 Å². The van der Waals surface area contributed by atoms with Gasteiger partial charge in [-0.25, -0.2) is 4.90 Å². The van der Waals surface area contributed by atoms with Crippen LogP contribution in [0.15, 0.2) is 36.4 Å². The highest BCUT2D eigenvalue weighted by Gasteiger charge is 2.50. The van der Waals surface area contributed by atoms with Gasteiger partial charge in [-0.15, -0.1) is 0 Å². The molecule has 0 aromatic heterocycles. The molecule has 1 heterocycles. The first-order valence-electron chi connectivity index (χ1n) is 6.39. The molecule has 1 aromatic carbocycles. The van der Waals surface area contributed by atoms with E-state index in [1.54, 1.807) is 24.3 Å². The molecule has 1 aliphatic heterocycles. The second-order valence-corrected chi connectivity index (χ2v) is 5.58. The van der Waals surface area contributed by atoms with E-state index in [0.29, 0.717) is 17.1 Å². The summed E-state index contributed by atoms with van der Waals surface area (Å²) in [4.78, 5) is 26.2. The summed E-state index contributed by atoms with van der Waals surface area (Å²) in [5.41, 5.74) is 0.573. The molecule has 3 atom stereocenters. The van der Waals surface area contributed by atoms with Crippen LogP contribution in [-0.2, 0) is 9.59 Å². The third kappa shape index (κ3) is 1.89. The average molecular weight is 276 g/mol. The zero-order chi connectivity index (χ0) is 13.6. The van der Waals surface area contributed by atoms with Crippen molar-refractivity contribution in [1.29, 1.82) is 0 Å². The van der Waals surface area contributed by atoms with Gasteiger partial charge in [0, 0.05) is 5.02 Å². The highest BCUT2D eigenvalue weighted by atomic mass is 35.5. The SMILES string of the molecule is C[C@H]1C=CC[C@@H]2C(=O)N(c3cccc(Cl)c3)C(=O)[C@@H]21. The topological polar surface area (TPSA) is 37.4 Å². The van der Waals surface area contributed by atoms with Crippen LogP contribution in [0.2, 0.25) is 5.02 Å². The fourth-order valence-electron chi connectivity index (χ4n) is 3.02. The molecule has 2 amide bonds. The summed E-state index contributed by atoms with van der Waals surface area (Å²) < 4.78 is 0. The van der Waals surface area contributed by atoms with Crippen LogP contribution in [0.25, 0.3) is 0 Å². The number of anilines is 1. The number of hydrogen-bond donors (Lipinski definition) is 0. The fraction of sp³-hybridized carbons (Fsp3) is 0.333. The van der Waals surface area contributed by atoms with Crippen molar-refractivity contribution in [3.8, 4) is 0 Å². The lowest BCUT2D eigenvalue weighted by Crippen LogP contribution is -2.31. The smallest absolute Gasteiger partial charge is 0.238 e. The number of nitrogens with zero attached hydrogens (tertiary/aromatic N) is 1. The van der Waals surface area contributed by atoms with Gasteiger partial charge in [-0.1, -0.05) is 36.7 Å². The first-order valence-corrected chi connectivity index (χ1v) is 6.77. The van der Waals surface area contributed by atoms with Gasteiger partial charge in [0.15, 0.2) is 0 Å². The minimum atomic E-state index is -0.225. The maximum atomic E-state index is 12.5. The van der Waals surface area contributed by atoms with Gasteiger partial charge in [-0.2, -0.15) is 0 Å². The monoisotopic (exact) mass is 275 g/mol. The van der Waals surface area contributed by atoms with Crippen LogP contribution in [0.5, 0.6) is 0 Å². The van der Waals surface area contributed by atoms with Gasteiger partial charge in [-0.3, -0.25) is 9.59 Å². The number of halogens is 1. The summed E-state index contributed by atoms with van der Waals surface area (Å²) in [6.07, 6.45) is 4.67. The molecule has 0 bridgehead atoms. The second-order valence-electron chi connectivity index (χ2n) is 5.15. The molecular weight excluding hydrogens is 262 g/mol. The molecule has 98 valence electrons. The maximum absolute atomic E-state index is 12.5. The highest BCUT2D eigenvalue weighted by Crippen LogP contribution is 2.40. The fourth-order valence-corrected chi connectivity index (χ4v) is 3.20. The van der Waals surface area contributed by atoms with Crippen molar-refractivity contribution in [2.75, 3.05) is 4.90 Å². The molecule has 3 nitrogen and oxygen atoms in total. The van der Waals surface area contributed by atoms with Crippen molar-refractivity contribution in [3.05, 3.63) is 41.4 Å². The molecule has 3 rings (SSSR count). The van der Waals surface area contributed by atoms with Crippen LogP contribution in [-0.4, -0.2) is 11.8 Å². The number of imide groups is 1. The van der Waals surface area contributed by atoms with Gasteiger partial charge < -0.3 is 0 Å². The Bertz CT molecular complexity index is 581. The van der Waals surface area contributed by atoms with Crippen molar-refractivity contribution < 1.29 is 9.59 Å². The molecular formula is C15H14ClNO2. The summed E-state index contributed by atoms with van der Waals surface area (Å²) in [5.74, 6) is -0.537. The number of allylic oxidation sites excluding steroid dienone is 2. The first-order chi connectivity index (χ1) is 9.09. The summed E-state index contributed by atoms with van der Waals surface area (Å²) in [5, 5.41) is 0.527. The Morgan fingerprint density at radius 1 is 1.26 bits per heavy atom. The van der Waals surface area contributed by atoms with Gasteiger partial charge in [0.05, 0.1) is 17.5 Å². The number of hydrogen-bond acceptors (Lipinski definition) is 2. The Morgan fingerprint density at radius 3 is 2.74 bits per heavy atom. The lowest BCUT2D eigenvalue weighted by atomic mass is 9.78. The Morgan fingerprint density at radius 2 is 2.05 bits per heavy atom. The van der Waals surface area contributed by atoms with E-state index in [-0.39, 0.29) is 29.6 Å². The van der Waals surface area contributed by atoms with E-state index in [2.05, 4.69) is 0 Å². The van der Waals surface area contributed by atoms with Crippen molar-refractivity contribution in [1.82, 2.24) is 0 Å². The molecule has 1 saturated heterocycles. The number of carbonyl (C=O) groups excluding carboxylic acids is 2. The molecule has 0 unspecified atom stereocenters. The molecule has 1 aliphatic carbocycles. The van der Waals surface area contributed by atoms with E-state index in [0.717, 1.165) is 0 Å². The van der Waals surface area contributed by atoms with E-state index in [1.165, 1.54) is 4.90 Å². The summed E-state index contributed by atoms with van der Waals surface area (Å²) in [6.45, 7) is 1.99. The zero-order valence-corrected chi connectivity index (χ0v) is 11.3. The zero-order valence-electron chi connectivity index (χ0n) is 10.5. The second kappa shape index (κ2) is 4.49. The Labute approximate surface area is 116 Å². The third-order valence-corrected chi connectivity index (χ3v) is 4.17. The predicted molar refractivity (Wildman–Crippen MR) is 73.8 cm³/mol. The molecule has 4 heteroatoms. The molecule has 1 fully saturated rings. The van der Waals surface area contributed by atoms with Gasteiger partial charge in [0.1, 0.15) is 0 Å². The Balaban J connectivity index is 2.01. The van der Waals surface area contributed by atoms with E-state index in [4.69, 9.17) is 11.6 Å². The normalized spacial score (nSPS) is 29.8. The van der Waals surface area contributed by atoms with Crippen LogP contribution in [0.1, 0.15) is 13.3 Å². The van der Waals surface area contributed by atoms with Crippen LogP contribution >= 0.6 is 11.6 Å². The molecule has 2 aliphatic rings. The van der Waals surface area contributed by atoms with Gasteiger partial charge in [0.2, 0.25) is 11.8 Å². The first kappa shape index (κ1) is 12.4. The molecule has 0 saturated carbocycles. The van der Waals surface area contributed by atoms with Crippen LogP contribution in [0, 0.1) is 17.8 Å². The number of rotatable bonds is 1. The predicted octanol–water partition coefficient (Wildman–Crippen LogP) is 3.04. The minimum absolute atomic E-state index is 0.103. The van der Waals surface area contributed by atoms with Gasteiger partial charge >= 0.3 is 0 Å². The summed E-state index contributed by atoms with van der Waals surface area (Å²) in [7, 11) is 0. The highest BCUT2D eigenvalue weighted by molar-refractivity contribution is 6.31. The molecule has 0 spiro atoms. The standard InChI is InChI=1S/C15H14ClNO2/c1-9-4-2-7-12-13(9)15(19)17(14(12)18)11-6-3-5-10(16)8-11/h2-6,8-9,12-13H,7H2,1H3/t9-,12-,13+/m0/s1.